The Morgan fingerprint density at radius 2 is 1.93 bits per heavy atom. The zero-order chi connectivity index (χ0) is 20.8. The molecule has 6 nitrogen and oxygen atoms in total. The Morgan fingerprint density at radius 3 is 2.59 bits per heavy atom. The number of thioether (sulfide) groups is 1. The number of methoxy groups -OCH3 is 1. The lowest BCUT2D eigenvalue weighted by Crippen LogP contribution is -2.41. The number of fused-ring (bicyclic) bond motifs is 2. The van der Waals surface area contributed by atoms with Crippen LogP contribution in [0.2, 0.25) is 0 Å². The molecule has 2 aliphatic rings. The number of carbonyl (C=O) groups excluding carboxylic acids is 1. The second kappa shape index (κ2) is 7.37. The van der Waals surface area contributed by atoms with Crippen LogP contribution >= 0.6 is 11.8 Å². The number of rotatable bonds is 4. The minimum atomic E-state index is -0.420. The van der Waals surface area contributed by atoms with E-state index in [0.29, 0.717) is 23.0 Å². The van der Waals surface area contributed by atoms with E-state index in [-0.39, 0.29) is 22.7 Å². The van der Waals surface area contributed by atoms with Crippen LogP contribution in [0.4, 0.5) is 5.82 Å². The number of allylic oxidation sites excluding steroid dienone is 2. The third-order valence-corrected chi connectivity index (χ3v) is 6.21. The van der Waals surface area contributed by atoms with Gasteiger partial charge < -0.3 is 15.0 Å². The Hall–Kier alpha value is -2.54. The maximum atomic E-state index is 13.2. The van der Waals surface area contributed by atoms with Crippen molar-refractivity contribution in [3.05, 3.63) is 57.5 Å². The predicted octanol–water partition coefficient (Wildman–Crippen LogP) is 3.95. The highest BCUT2D eigenvalue weighted by Crippen LogP contribution is 2.48. The van der Waals surface area contributed by atoms with Gasteiger partial charge in [-0.05, 0) is 28.9 Å². The van der Waals surface area contributed by atoms with Crippen molar-refractivity contribution < 1.29 is 9.53 Å². The molecule has 4 rings (SSSR count). The molecule has 7 heteroatoms. The van der Waals surface area contributed by atoms with Crippen molar-refractivity contribution in [2.24, 2.45) is 11.3 Å². The highest BCUT2D eigenvalue weighted by Gasteiger charge is 2.45. The number of Topliss-reactive ketones (excluding diaryl/α,β-unsaturated/α-hetero) is 1. The van der Waals surface area contributed by atoms with E-state index < -0.39 is 5.92 Å². The van der Waals surface area contributed by atoms with Crippen molar-refractivity contribution >= 4 is 23.4 Å². The summed E-state index contributed by atoms with van der Waals surface area (Å²) in [5.41, 5.74) is 1.83. The lowest BCUT2D eigenvalue weighted by molar-refractivity contribution is -0.124. The van der Waals surface area contributed by atoms with Crippen molar-refractivity contribution in [1.82, 2.24) is 9.97 Å². The maximum absolute atomic E-state index is 13.2. The van der Waals surface area contributed by atoms with Gasteiger partial charge >= 0.3 is 0 Å². The van der Waals surface area contributed by atoms with Crippen LogP contribution in [0.15, 0.2) is 46.0 Å². The second-order valence-electron chi connectivity index (χ2n) is 8.15. The first-order valence-corrected chi connectivity index (χ1v) is 10.7. The molecule has 0 bridgehead atoms. The SMILES string of the molecule is CCSc1nc2c(c(=O)[nH]1)[C@@H](c1ccc(OC)cc1)[C@@H]1C(=O)CC(C)(C)C=C1N2. The third-order valence-electron chi connectivity index (χ3n) is 5.45. The molecule has 1 aliphatic carbocycles. The zero-order valence-corrected chi connectivity index (χ0v) is 17.9. The molecule has 2 heterocycles. The summed E-state index contributed by atoms with van der Waals surface area (Å²) in [5, 5.41) is 3.90. The van der Waals surface area contributed by atoms with Gasteiger partial charge in [0.05, 0.1) is 18.6 Å². The van der Waals surface area contributed by atoms with Gasteiger partial charge in [0.15, 0.2) is 5.16 Å². The van der Waals surface area contributed by atoms with Gasteiger partial charge in [-0.25, -0.2) is 4.98 Å². The summed E-state index contributed by atoms with van der Waals surface area (Å²) in [6, 6.07) is 7.58. The number of carbonyl (C=O) groups is 1. The first-order valence-electron chi connectivity index (χ1n) is 9.76. The molecule has 0 amide bonds. The minimum Gasteiger partial charge on any atom is -0.497 e. The van der Waals surface area contributed by atoms with Crippen LogP contribution in [0, 0.1) is 11.3 Å². The van der Waals surface area contributed by atoms with Crippen LogP contribution in [0.1, 0.15) is 44.2 Å². The lowest BCUT2D eigenvalue weighted by Gasteiger charge is -2.40. The number of benzene rings is 1. The quantitative estimate of drug-likeness (QED) is 0.585. The average molecular weight is 412 g/mol. The molecular weight excluding hydrogens is 386 g/mol. The molecule has 0 unspecified atom stereocenters. The van der Waals surface area contributed by atoms with E-state index in [1.165, 1.54) is 11.8 Å². The Bertz CT molecular complexity index is 1040. The van der Waals surface area contributed by atoms with Crippen molar-refractivity contribution in [2.75, 3.05) is 18.2 Å². The van der Waals surface area contributed by atoms with E-state index in [1.54, 1.807) is 7.11 Å². The standard InChI is InChI=1S/C22H25N3O3S/c1-5-29-21-24-19-18(20(27)25-21)16(12-6-8-13(28-4)9-7-12)17-14(23-19)10-22(2,3)11-15(17)26/h6-10,16-17H,5,11H2,1-4H3,(H2,23,24,25,27)/t16-,17-/m0/s1. The van der Waals surface area contributed by atoms with E-state index in [2.05, 4.69) is 35.2 Å². The third kappa shape index (κ3) is 3.59. The van der Waals surface area contributed by atoms with E-state index in [1.807, 2.05) is 31.2 Å². The van der Waals surface area contributed by atoms with Crippen molar-refractivity contribution in [3.63, 3.8) is 0 Å². The van der Waals surface area contributed by atoms with Gasteiger partial charge in [-0.1, -0.05) is 50.7 Å². The normalized spacial score (nSPS) is 22.2. The van der Waals surface area contributed by atoms with Gasteiger partial charge in [-0.3, -0.25) is 9.59 Å². The van der Waals surface area contributed by atoms with Crippen LogP contribution in [0.25, 0.3) is 0 Å². The number of aromatic nitrogens is 2. The van der Waals surface area contributed by atoms with Gasteiger partial charge in [0.2, 0.25) is 0 Å². The fourth-order valence-corrected chi connectivity index (χ4v) is 4.89. The maximum Gasteiger partial charge on any atom is 0.257 e. The molecule has 29 heavy (non-hydrogen) atoms. The first kappa shape index (κ1) is 19.8. The molecule has 1 aromatic carbocycles. The predicted molar refractivity (Wildman–Crippen MR) is 115 cm³/mol. The molecule has 0 saturated carbocycles. The van der Waals surface area contributed by atoms with Gasteiger partial charge in [0.25, 0.3) is 5.56 Å². The molecule has 2 atom stereocenters. The summed E-state index contributed by atoms with van der Waals surface area (Å²) < 4.78 is 5.27. The number of nitrogens with one attached hydrogen (secondary N) is 2. The van der Waals surface area contributed by atoms with Crippen LogP contribution < -0.4 is 15.6 Å². The number of anilines is 1. The number of ether oxygens (including phenoxy) is 1. The summed E-state index contributed by atoms with van der Waals surface area (Å²) in [6.45, 7) is 6.12. The number of hydrogen-bond acceptors (Lipinski definition) is 6. The number of H-pyrrole nitrogens is 1. The molecule has 0 spiro atoms. The monoisotopic (exact) mass is 411 g/mol. The van der Waals surface area contributed by atoms with Crippen LogP contribution in [0.5, 0.6) is 5.75 Å². The summed E-state index contributed by atoms with van der Waals surface area (Å²) in [7, 11) is 1.62. The minimum absolute atomic E-state index is 0.137. The summed E-state index contributed by atoms with van der Waals surface area (Å²) in [5.74, 6) is 1.41. The summed E-state index contributed by atoms with van der Waals surface area (Å²) in [6.07, 6.45) is 2.56. The molecule has 152 valence electrons. The summed E-state index contributed by atoms with van der Waals surface area (Å²) >= 11 is 1.48. The topological polar surface area (TPSA) is 84.1 Å². The Kier molecular flexibility index (Phi) is 5.02. The zero-order valence-electron chi connectivity index (χ0n) is 17.0. The Morgan fingerprint density at radius 1 is 1.21 bits per heavy atom. The van der Waals surface area contributed by atoms with Gasteiger partial charge in [-0.2, -0.15) is 0 Å². The Balaban J connectivity index is 1.93. The molecule has 0 radical (unpaired) electrons. The first-order chi connectivity index (χ1) is 13.8. The van der Waals surface area contributed by atoms with Gasteiger partial charge in [0, 0.05) is 18.0 Å². The highest BCUT2D eigenvalue weighted by atomic mass is 32.2. The molecular formula is C22H25N3O3S. The molecule has 0 saturated heterocycles. The largest absolute Gasteiger partial charge is 0.497 e. The van der Waals surface area contributed by atoms with E-state index in [9.17, 15) is 9.59 Å². The van der Waals surface area contributed by atoms with E-state index in [0.717, 1.165) is 22.8 Å². The highest BCUT2D eigenvalue weighted by molar-refractivity contribution is 7.99. The fourth-order valence-electron chi connectivity index (χ4n) is 4.30. The van der Waals surface area contributed by atoms with Crippen molar-refractivity contribution in [1.29, 1.82) is 0 Å². The molecule has 1 aliphatic heterocycles. The second-order valence-corrected chi connectivity index (χ2v) is 9.40. The number of nitrogens with zero attached hydrogens (tertiary/aromatic N) is 1. The van der Waals surface area contributed by atoms with E-state index >= 15 is 0 Å². The average Bonchev–Trinajstić information content (AvgIpc) is 2.65. The van der Waals surface area contributed by atoms with Crippen LogP contribution in [-0.2, 0) is 4.79 Å². The number of aromatic amines is 1. The molecule has 0 fully saturated rings. The molecule has 1 aromatic heterocycles. The van der Waals surface area contributed by atoms with Crippen LogP contribution in [-0.4, -0.2) is 28.6 Å². The van der Waals surface area contributed by atoms with E-state index in [4.69, 9.17) is 4.74 Å². The van der Waals surface area contributed by atoms with Crippen molar-refractivity contribution in [3.8, 4) is 5.75 Å². The summed E-state index contributed by atoms with van der Waals surface area (Å²) in [4.78, 5) is 33.8. The molecule has 2 aromatic rings. The molecule has 2 N–H and O–H groups in total. The lowest BCUT2D eigenvalue weighted by atomic mass is 9.67. The number of ketones is 1. The van der Waals surface area contributed by atoms with Crippen LogP contribution in [0.3, 0.4) is 0 Å². The van der Waals surface area contributed by atoms with Crippen molar-refractivity contribution in [2.45, 2.75) is 38.3 Å². The van der Waals surface area contributed by atoms with Gasteiger partial charge in [-0.15, -0.1) is 0 Å². The number of hydrogen-bond donors (Lipinski definition) is 2. The Labute approximate surface area is 174 Å². The van der Waals surface area contributed by atoms with Gasteiger partial charge in [0.1, 0.15) is 17.4 Å². The fraction of sp³-hybridized carbons (Fsp3) is 0.409. The smallest absolute Gasteiger partial charge is 0.257 e.